The second-order valence-corrected chi connectivity index (χ2v) is 5.88. The summed E-state index contributed by atoms with van der Waals surface area (Å²) in [5.41, 5.74) is 5.28. The molecule has 0 aliphatic carbocycles. The van der Waals surface area contributed by atoms with Crippen molar-refractivity contribution in [2.24, 2.45) is 0 Å². The maximum absolute atomic E-state index is 12.1. The molecule has 116 valence electrons. The number of ether oxygens (including phenoxy) is 1. The average molecular weight is 314 g/mol. The van der Waals surface area contributed by atoms with Crippen molar-refractivity contribution < 1.29 is 23.1 Å². The zero-order chi connectivity index (χ0) is 15.9. The second-order valence-electron chi connectivity index (χ2n) is 4.15. The summed E-state index contributed by atoms with van der Waals surface area (Å²) < 4.78 is 31.6. The Bertz CT molecular complexity index is 613. The molecule has 0 aliphatic rings. The normalized spacial score (nSPS) is 11.2. The maximum Gasteiger partial charge on any atom is 0.337 e. The highest BCUT2D eigenvalue weighted by Gasteiger charge is 2.22. The van der Waals surface area contributed by atoms with Crippen molar-refractivity contribution in [3.63, 3.8) is 0 Å². The third kappa shape index (κ3) is 5.18. The van der Waals surface area contributed by atoms with Crippen LogP contribution in [0.4, 0.5) is 5.69 Å². The average Bonchev–Trinajstić information content (AvgIpc) is 2.42. The van der Waals surface area contributed by atoms with E-state index < -0.39 is 16.0 Å². The van der Waals surface area contributed by atoms with Crippen LogP contribution in [0.15, 0.2) is 35.7 Å². The van der Waals surface area contributed by atoms with Crippen molar-refractivity contribution >= 4 is 21.7 Å². The van der Waals surface area contributed by atoms with E-state index in [1.54, 1.807) is 6.08 Å². The quantitative estimate of drug-likeness (QED) is 0.353. The van der Waals surface area contributed by atoms with Crippen LogP contribution in [0, 0.1) is 0 Å². The number of rotatable bonds is 9. The second kappa shape index (κ2) is 7.77. The van der Waals surface area contributed by atoms with Crippen LogP contribution in [0.1, 0.15) is 16.8 Å². The first-order chi connectivity index (χ1) is 9.88. The maximum atomic E-state index is 12.1. The molecule has 1 rings (SSSR count). The van der Waals surface area contributed by atoms with Gasteiger partial charge in [-0.2, -0.15) is 0 Å². The van der Waals surface area contributed by atoms with Crippen molar-refractivity contribution in [2.45, 2.75) is 11.3 Å². The summed E-state index contributed by atoms with van der Waals surface area (Å²) in [6.45, 7) is 4.21. The zero-order valence-corrected chi connectivity index (χ0v) is 12.2. The lowest BCUT2D eigenvalue weighted by atomic mass is 10.2. The number of nitrogens with one attached hydrogen (secondary N) is 1. The molecule has 0 heterocycles. The first kappa shape index (κ1) is 17.2. The molecular weight excluding hydrogens is 296 g/mol. The Labute approximate surface area is 123 Å². The fourth-order valence-corrected chi connectivity index (χ4v) is 2.73. The van der Waals surface area contributed by atoms with Gasteiger partial charge in [0, 0.05) is 12.2 Å². The SMILES string of the molecule is C=CCCOCCNS(=O)(=O)c1ccc(N)cc1C(=O)O. The number of hydrogen-bond donors (Lipinski definition) is 3. The minimum Gasteiger partial charge on any atom is -0.478 e. The van der Waals surface area contributed by atoms with E-state index in [1.165, 1.54) is 12.1 Å². The van der Waals surface area contributed by atoms with E-state index in [4.69, 9.17) is 15.6 Å². The minimum absolute atomic E-state index is 0.0446. The molecule has 0 amide bonds. The Morgan fingerprint density at radius 1 is 1.43 bits per heavy atom. The van der Waals surface area contributed by atoms with Crippen LogP contribution < -0.4 is 10.5 Å². The fourth-order valence-electron chi connectivity index (χ4n) is 1.54. The molecule has 0 unspecified atom stereocenters. The van der Waals surface area contributed by atoms with E-state index in [2.05, 4.69) is 11.3 Å². The highest BCUT2D eigenvalue weighted by molar-refractivity contribution is 7.89. The summed E-state index contributed by atoms with van der Waals surface area (Å²) in [7, 11) is -3.93. The third-order valence-corrected chi connectivity index (χ3v) is 4.05. The van der Waals surface area contributed by atoms with E-state index >= 15 is 0 Å². The highest BCUT2D eigenvalue weighted by Crippen LogP contribution is 2.18. The Morgan fingerprint density at radius 2 is 2.14 bits per heavy atom. The van der Waals surface area contributed by atoms with E-state index in [0.717, 1.165) is 6.07 Å². The van der Waals surface area contributed by atoms with E-state index in [1.807, 2.05) is 0 Å². The van der Waals surface area contributed by atoms with Gasteiger partial charge in [-0.05, 0) is 24.6 Å². The molecule has 21 heavy (non-hydrogen) atoms. The summed E-state index contributed by atoms with van der Waals surface area (Å²) >= 11 is 0. The minimum atomic E-state index is -3.93. The Hall–Kier alpha value is -1.90. The summed E-state index contributed by atoms with van der Waals surface area (Å²) in [4.78, 5) is 10.8. The highest BCUT2D eigenvalue weighted by atomic mass is 32.2. The lowest BCUT2D eigenvalue weighted by Gasteiger charge is -2.10. The lowest BCUT2D eigenvalue weighted by Crippen LogP contribution is -2.29. The molecule has 0 aromatic heterocycles. The first-order valence-electron chi connectivity index (χ1n) is 6.19. The summed E-state index contributed by atoms with van der Waals surface area (Å²) in [6.07, 6.45) is 2.37. The molecule has 7 nitrogen and oxygen atoms in total. The molecule has 0 saturated heterocycles. The molecule has 0 bridgehead atoms. The van der Waals surface area contributed by atoms with Crippen LogP contribution >= 0.6 is 0 Å². The smallest absolute Gasteiger partial charge is 0.337 e. The van der Waals surface area contributed by atoms with Crippen molar-refractivity contribution in [2.75, 3.05) is 25.5 Å². The van der Waals surface area contributed by atoms with Crippen LogP contribution in [0.25, 0.3) is 0 Å². The lowest BCUT2D eigenvalue weighted by molar-refractivity contribution is 0.0692. The van der Waals surface area contributed by atoms with Crippen molar-refractivity contribution in [1.82, 2.24) is 4.72 Å². The Kier molecular flexibility index (Phi) is 6.35. The van der Waals surface area contributed by atoms with Gasteiger partial charge in [0.15, 0.2) is 0 Å². The number of carboxylic acid groups (broad SMARTS) is 1. The van der Waals surface area contributed by atoms with Gasteiger partial charge in [0.1, 0.15) is 0 Å². The third-order valence-electron chi connectivity index (χ3n) is 2.53. The molecule has 8 heteroatoms. The van der Waals surface area contributed by atoms with Crippen molar-refractivity contribution in [3.8, 4) is 0 Å². The number of nitrogens with two attached hydrogens (primary N) is 1. The molecule has 0 radical (unpaired) electrons. The van der Waals surface area contributed by atoms with Crippen LogP contribution in [0.3, 0.4) is 0 Å². The molecule has 0 spiro atoms. The summed E-state index contributed by atoms with van der Waals surface area (Å²) in [5.74, 6) is -1.36. The molecular formula is C13H18N2O5S. The molecule has 4 N–H and O–H groups in total. The predicted molar refractivity (Wildman–Crippen MR) is 78.6 cm³/mol. The first-order valence-corrected chi connectivity index (χ1v) is 7.68. The van der Waals surface area contributed by atoms with Crippen LogP contribution in [0.5, 0.6) is 0 Å². The van der Waals surface area contributed by atoms with Gasteiger partial charge >= 0.3 is 5.97 Å². The Balaban J connectivity index is 2.74. The van der Waals surface area contributed by atoms with Gasteiger partial charge in [-0.1, -0.05) is 6.08 Å². The molecule has 0 fully saturated rings. The molecule has 0 atom stereocenters. The van der Waals surface area contributed by atoms with Gasteiger partial charge in [-0.15, -0.1) is 6.58 Å². The number of carboxylic acids is 1. The van der Waals surface area contributed by atoms with Gasteiger partial charge in [0.05, 0.1) is 23.7 Å². The van der Waals surface area contributed by atoms with Crippen LogP contribution in [0.2, 0.25) is 0 Å². The number of nitrogen functional groups attached to an aromatic ring is 1. The number of aromatic carboxylic acids is 1. The van der Waals surface area contributed by atoms with Crippen LogP contribution in [-0.4, -0.2) is 39.3 Å². The molecule has 0 saturated carbocycles. The topological polar surface area (TPSA) is 119 Å². The zero-order valence-electron chi connectivity index (χ0n) is 11.4. The van der Waals surface area contributed by atoms with Gasteiger partial charge in [-0.25, -0.2) is 17.9 Å². The summed E-state index contributed by atoms with van der Waals surface area (Å²) in [6, 6.07) is 3.61. The Morgan fingerprint density at radius 3 is 2.76 bits per heavy atom. The number of hydrogen-bond acceptors (Lipinski definition) is 5. The van der Waals surface area contributed by atoms with Gasteiger partial charge < -0.3 is 15.6 Å². The van der Waals surface area contributed by atoms with E-state index in [-0.39, 0.29) is 29.3 Å². The largest absolute Gasteiger partial charge is 0.478 e. The standard InChI is InChI=1S/C13H18N2O5S/c1-2-3-7-20-8-6-15-21(18,19)12-5-4-10(14)9-11(12)13(16)17/h2,4-5,9,15H,1,3,6-8,14H2,(H,16,17). The number of benzene rings is 1. The summed E-state index contributed by atoms with van der Waals surface area (Å²) in [5, 5.41) is 9.04. The molecule has 1 aromatic rings. The van der Waals surface area contributed by atoms with Crippen LogP contribution in [-0.2, 0) is 14.8 Å². The molecule has 0 aliphatic heterocycles. The monoisotopic (exact) mass is 314 g/mol. The van der Waals surface area contributed by atoms with E-state index in [0.29, 0.717) is 13.0 Å². The van der Waals surface area contributed by atoms with Gasteiger partial charge in [0.25, 0.3) is 0 Å². The molecule has 1 aromatic carbocycles. The fraction of sp³-hybridized carbons (Fsp3) is 0.308. The number of sulfonamides is 1. The predicted octanol–water partition coefficient (Wildman–Crippen LogP) is 0.838. The van der Waals surface area contributed by atoms with Gasteiger partial charge in [0.2, 0.25) is 10.0 Å². The van der Waals surface area contributed by atoms with Gasteiger partial charge in [-0.3, -0.25) is 0 Å². The number of anilines is 1. The van der Waals surface area contributed by atoms with Crippen molar-refractivity contribution in [3.05, 3.63) is 36.4 Å². The number of carbonyl (C=O) groups is 1. The van der Waals surface area contributed by atoms with E-state index in [9.17, 15) is 13.2 Å². The van der Waals surface area contributed by atoms with Crippen molar-refractivity contribution in [1.29, 1.82) is 0 Å².